The lowest BCUT2D eigenvalue weighted by molar-refractivity contribution is -0.117. The number of nitrogens with one attached hydrogen (secondary N) is 1. The Morgan fingerprint density at radius 2 is 1.95 bits per heavy atom. The van der Waals surface area contributed by atoms with Crippen LogP contribution in [0, 0.1) is 5.82 Å². The first-order chi connectivity index (χ1) is 9.24. The van der Waals surface area contributed by atoms with E-state index in [0.717, 1.165) is 0 Å². The van der Waals surface area contributed by atoms with E-state index in [1.165, 1.54) is 6.07 Å². The highest BCUT2D eigenvalue weighted by molar-refractivity contribution is 5.97. The van der Waals surface area contributed by atoms with Gasteiger partial charge in [0.1, 0.15) is 5.82 Å². The minimum atomic E-state index is -0.326. The number of benzene rings is 1. The van der Waals surface area contributed by atoms with E-state index in [9.17, 15) is 9.18 Å². The summed E-state index contributed by atoms with van der Waals surface area (Å²) in [6.07, 6.45) is 1.56. The molecule has 0 fully saturated rings. The number of hydrogen-bond donors (Lipinski definition) is 1. The van der Waals surface area contributed by atoms with E-state index in [4.69, 9.17) is 0 Å². The summed E-state index contributed by atoms with van der Waals surface area (Å²) < 4.78 is 13.5. The average molecular weight is 278 g/mol. The Bertz CT molecular complexity index is 507. The van der Waals surface area contributed by atoms with Crippen LogP contribution in [0.25, 0.3) is 6.08 Å². The number of carbonyl (C=O) groups excluding carboxylic acids is 1. The van der Waals surface area contributed by atoms with Gasteiger partial charge in [-0.1, -0.05) is 18.2 Å². The molecular formula is C16H23FN2O. The van der Waals surface area contributed by atoms with Crippen LogP contribution in [-0.4, -0.2) is 37.0 Å². The van der Waals surface area contributed by atoms with Crippen molar-refractivity contribution in [3.8, 4) is 0 Å². The second-order valence-electron chi connectivity index (χ2n) is 5.74. The lowest BCUT2D eigenvalue weighted by Gasteiger charge is -2.32. The molecule has 0 aliphatic heterocycles. The zero-order chi connectivity index (χ0) is 15.3. The zero-order valence-electron chi connectivity index (χ0n) is 12.8. The maximum Gasteiger partial charge on any atom is 0.247 e. The summed E-state index contributed by atoms with van der Waals surface area (Å²) in [4.78, 5) is 14.1. The minimum Gasteiger partial charge on any atom is -0.350 e. The van der Waals surface area contributed by atoms with Gasteiger partial charge in [0, 0.05) is 23.2 Å². The fourth-order valence-corrected chi connectivity index (χ4v) is 1.49. The molecule has 1 aromatic carbocycles. The summed E-state index contributed by atoms with van der Waals surface area (Å²) in [5, 5.41) is 2.87. The second-order valence-corrected chi connectivity index (χ2v) is 5.74. The second kappa shape index (κ2) is 6.66. The van der Waals surface area contributed by atoms with E-state index in [2.05, 4.69) is 5.32 Å². The number of likely N-dealkylation sites (N-methyl/N-ethyl adjacent to an activating group) is 1. The minimum absolute atomic E-state index is 0.131. The first kappa shape index (κ1) is 16.4. The number of hydrogen-bond acceptors (Lipinski definition) is 2. The lowest BCUT2D eigenvalue weighted by Crippen LogP contribution is -2.48. The molecule has 0 heterocycles. The first-order valence-electron chi connectivity index (χ1n) is 6.62. The molecule has 20 heavy (non-hydrogen) atoms. The summed E-state index contributed by atoms with van der Waals surface area (Å²) in [5.74, 6) is -0.503. The van der Waals surface area contributed by atoms with Crippen molar-refractivity contribution < 1.29 is 9.18 Å². The van der Waals surface area contributed by atoms with Gasteiger partial charge in [0.05, 0.1) is 0 Å². The third-order valence-electron chi connectivity index (χ3n) is 3.53. The van der Waals surface area contributed by atoms with Crippen LogP contribution in [0.3, 0.4) is 0 Å². The zero-order valence-corrected chi connectivity index (χ0v) is 12.8. The monoisotopic (exact) mass is 278 g/mol. The van der Waals surface area contributed by atoms with Crippen LogP contribution in [0.1, 0.15) is 26.3 Å². The SMILES string of the molecule is C/C(=C\c1ccccc1F)C(=O)NCC(C)(C)N(C)C. The van der Waals surface area contributed by atoms with Crippen molar-refractivity contribution in [2.24, 2.45) is 0 Å². The predicted molar refractivity (Wildman–Crippen MR) is 80.8 cm³/mol. The molecule has 0 unspecified atom stereocenters. The summed E-state index contributed by atoms with van der Waals surface area (Å²) in [6, 6.07) is 6.40. The van der Waals surface area contributed by atoms with Crippen LogP contribution in [-0.2, 0) is 4.79 Å². The number of nitrogens with zero attached hydrogens (tertiary/aromatic N) is 1. The third-order valence-corrected chi connectivity index (χ3v) is 3.53. The summed E-state index contributed by atoms with van der Waals surface area (Å²) in [5.41, 5.74) is 0.783. The van der Waals surface area contributed by atoms with Crippen LogP contribution < -0.4 is 5.32 Å². The molecule has 3 nitrogen and oxygen atoms in total. The molecular weight excluding hydrogens is 255 g/mol. The summed E-state index contributed by atoms with van der Waals surface area (Å²) in [7, 11) is 3.93. The molecule has 1 rings (SSSR count). The number of halogens is 1. The summed E-state index contributed by atoms with van der Waals surface area (Å²) >= 11 is 0. The molecule has 1 N–H and O–H groups in total. The predicted octanol–water partition coefficient (Wildman–Crippen LogP) is 2.69. The van der Waals surface area contributed by atoms with Crippen LogP contribution in [0.4, 0.5) is 4.39 Å². The molecule has 1 aromatic rings. The quantitative estimate of drug-likeness (QED) is 0.840. The van der Waals surface area contributed by atoms with Gasteiger partial charge in [0.25, 0.3) is 0 Å². The van der Waals surface area contributed by atoms with E-state index >= 15 is 0 Å². The number of carbonyl (C=O) groups is 1. The van der Waals surface area contributed by atoms with Crippen molar-refractivity contribution in [1.29, 1.82) is 0 Å². The molecule has 0 aromatic heterocycles. The van der Waals surface area contributed by atoms with Crippen molar-refractivity contribution >= 4 is 12.0 Å². The topological polar surface area (TPSA) is 32.3 Å². The Kier molecular flexibility index (Phi) is 5.45. The number of rotatable bonds is 5. The van der Waals surface area contributed by atoms with E-state index < -0.39 is 0 Å². The van der Waals surface area contributed by atoms with Gasteiger partial charge < -0.3 is 10.2 Å². The van der Waals surface area contributed by atoms with Crippen LogP contribution in [0.5, 0.6) is 0 Å². The molecule has 110 valence electrons. The molecule has 0 spiro atoms. The molecule has 0 aliphatic carbocycles. The lowest BCUT2D eigenvalue weighted by atomic mass is 10.0. The van der Waals surface area contributed by atoms with Gasteiger partial charge in [-0.25, -0.2) is 4.39 Å². The molecule has 0 saturated carbocycles. The molecule has 0 aliphatic rings. The van der Waals surface area contributed by atoms with Gasteiger partial charge in [-0.2, -0.15) is 0 Å². The highest BCUT2D eigenvalue weighted by Crippen LogP contribution is 2.12. The highest BCUT2D eigenvalue weighted by atomic mass is 19.1. The Balaban J connectivity index is 2.71. The highest BCUT2D eigenvalue weighted by Gasteiger charge is 2.21. The maximum absolute atomic E-state index is 13.5. The van der Waals surface area contributed by atoms with Gasteiger partial charge in [-0.15, -0.1) is 0 Å². The van der Waals surface area contributed by atoms with Gasteiger partial charge in [0.15, 0.2) is 0 Å². The third kappa shape index (κ3) is 4.46. The van der Waals surface area contributed by atoms with Crippen molar-refractivity contribution in [3.05, 3.63) is 41.2 Å². The molecule has 0 radical (unpaired) electrons. The summed E-state index contributed by atoms with van der Waals surface area (Å²) in [6.45, 7) is 6.30. The Labute approximate surface area is 120 Å². The molecule has 0 bridgehead atoms. The average Bonchev–Trinajstić information content (AvgIpc) is 2.38. The van der Waals surface area contributed by atoms with Crippen molar-refractivity contribution in [1.82, 2.24) is 10.2 Å². The molecule has 1 amide bonds. The Morgan fingerprint density at radius 3 is 2.50 bits per heavy atom. The molecule has 0 saturated heterocycles. The van der Waals surface area contributed by atoms with Gasteiger partial charge >= 0.3 is 0 Å². The van der Waals surface area contributed by atoms with Gasteiger partial charge in [-0.3, -0.25) is 4.79 Å². The van der Waals surface area contributed by atoms with E-state index in [1.54, 1.807) is 31.2 Å². The fourth-order valence-electron chi connectivity index (χ4n) is 1.49. The van der Waals surface area contributed by atoms with E-state index in [0.29, 0.717) is 17.7 Å². The Hall–Kier alpha value is -1.68. The van der Waals surface area contributed by atoms with E-state index in [1.807, 2.05) is 32.8 Å². The van der Waals surface area contributed by atoms with Crippen molar-refractivity contribution in [2.45, 2.75) is 26.3 Å². The smallest absolute Gasteiger partial charge is 0.247 e. The van der Waals surface area contributed by atoms with Crippen molar-refractivity contribution in [2.75, 3.05) is 20.6 Å². The maximum atomic E-state index is 13.5. The molecule has 4 heteroatoms. The van der Waals surface area contributed by atoms with Crippen molar-refractivity contribution in [3.63, 3.8) is 0 Å². The first-order valence-corrected chi connectivity index (χ1v) is 6.62. The largest absolute Gasteiger partial charge is 0.350 e. The fraction of sp³-hybridized carbons (Fsp3) is 0.438. The van der Waals surface area contributed by atoms with Gasteiger partial charge in [0.2, 0.25) is 5.91 Å². The van der Waals surface area contributed by atoms with E-state index in [-0.39, 0.29) is 17.3 Å². The van der Waals surface area contributed by atoms with Gasteiger partial charge in [-0.05, 0) is 47.0 Å². The van der Waals surface area contributed by atoms with Crippen LogP contribution in [0.2, 0.25) is 0 Å². The van der Waals surface area contributed by atoms with Crippen LogP contribution in [0.15, 0.2) is 29.8 Å². The van der Waals surface area contributed by atoms with Crippen LogP contribution >= 0.6 is 0 Å². The molecule has 0 atom stereocenters. The normalized spacial score (nSPS) is 12.7. The number of amides is 1. The Morgan fingerprint density at radius 1 is 1.35 bits per heavy atom. The standard InChI is InChI=1S/C16H23FN2O/c1-12(10-13-8-6-7-9-14(13)17)15(20)18-11-16(2,3)19(4)5/h6-10H,11H2,1-5H3,(H,18,20)/b12-10+.